The lowest BCUT2D eigenvalue weighted by atomic mass is 10.1. The third kappa shape index (κ3) is 4.11. The number of hydrogen-bond acceptors (Lipinski definition) is 3. The summed E-state index contributed by atoms with van der Waals surface area (Å²) in [4.78, 5) is 25.7. The number of rotatable bonds is 6. The van der Waals surface area contributed by atoms with E-state index in [1.165, 1.54) is 4.68 Å². The minimum atomic E-state index is -0.407. The number of amides is 2. The first kappa shape index (κ1) is 19.4. The van der Waals surface area contributed by atoms with Crippen LogP contribution in [0.1, 0.15) is 45.8 Å². The van der Waals surface area contributed by atoms with E-state index in [9.17, 15) is 9.59 Å². The molecule has 0 saturated heterocycles. The second kappa shape index (κ2) is 8.52. The molecule has 1 aromatic heterocycles. The lowest BCUT2D eigenvalue weighted by Gasteiger charge is -2.11. The molecule has 2 aromatic carbocycles. The molecule has 28 heavy (non-hydrogen) atoms. The van der Waals surface area contributed by atoms with E-state index >= 15 is 0 Å². The number of benzene rings is 2. The van der Waals surface area contributed by atoms with E-state index in [1.807, 2.05) is 62.4 Å². The summed E-state index contributed by atoms with van der Waals surface area (Å²) in [6.45, 7) is 4.05. The summed E-state index contributed by atoms with van der Waals surface area (Å²) < 4.78 is 1.47. The van der Waals surface area contributed by atoms with Crippen LogP contribution < -0.4 is 10.6 Å². The van der Waals surface area contributed by atoms with E-state index in [2.05, 4.69) is 15.7 Å². The Labute approximate surface area is 164 Å². The molecule has 0 bridgehead atoms. The first-order valence-electron chi connectivity index (χ1n) is 9.35. The number of aromatic nitrogens is 2. The Bertz CT molecular complexity index is 928. The maximum atomic E-state index is 12.9. The van der Waals surface area contributed by atoms with Gasteiger partial charge in [0.1, 0.15) is 0 Å². The van der Waals surface area contributed by atoms with Crippen LogP contribution in [0.5, 0.6) is 0 Å². The Morgan fingerprint density at radius 1 is 0.857 bits per heavy atom. The van der Waals surface area contributed by atoms with Crippen LogP contribution in [-0.2, 0) is 19.9 Å². The number of para-hydroxylation sites is 2. The predicted octanol–water partition coefficient (Wildman–Crippen LogP) is 4.05. The highest BCUT2D eigenvalue weighted by Crippen LogP contribution is 2.20. The highest BCUT2D eigenvalue weighted by molar-refractivity contribution is 6.14. The van der Waals surface area contributed by atoms with Gasteiger partial charge >= 0.3 is 0 Å². The molecule has 0 radical (unpaired) electrons. The third-order valence-corrected chi connectivity index (χ3v) is 4.58. The Morgan fingerprint density at radius 3 is 1.89 bits per heavy atom. The molecular weight excluding hydrogens is 352 g/mol. The zero-order chi connectivity index (χ0) is 20.1. The molecular formula is C22H24N4O2. The van der Waals surface area contributed by atoms with Crippen LogP contribution in [0.25, 0.3) is 0 Å². The van der Waals surface area contributed by atoms with Gasteiger partial charge in [0, 0.05) is 24.6 Å². The van der Waals surface area contributed by atoms with Gasteiger partial charge in [0.2, 0.25) is 0 Å². The average molecular weight is 376 g/mol. The van der Waals surface area contributed by atoms with E-state index in [0.717, 1.165) is 35.3 Å². The summed E-state index contributed by atoms with van der Waals surface area (Å²) in [7, 11) is 1.69. The van der Waals surface area contributed by atoms with Crippen molar-refractivity contribution in [3.8, 4) is 0 Å². The van der Waals surface area contributed by atoms with E-state index in [-0.39, 0.29) is 17.2 Å². The molecule has 0 saturated carbocycles. The van der Waals surface area contributed by atoms with Gasteiger partial charge in [-0.2, -0.15) is 5.10 Å². The number of aryl methyl sites for hydroxylation is 3. The summed E-state index contributed by atoms with van der Waals surface area (Å²) in [5.41, 5.74) is 3.85. The van der Waals surface area contributed by atoms with Crippen molar-refractivity contribution in [3.05, 3.63) is 77.1 Å². The molecule has 0 atom stereocenters. The number of carbonyl (C=O) groups is 2. The largest absolute Gasteiger partial charge is 0.322 e. The van der Waals surface area contributed by atoms with Crippen LogP contribution in [-0.4, -0.2) is 21.6 Å². The normalized spacial score (nSPS) is 10.5. The summed E-state index contributed by atoms with van der Waals surface area (Å²) in [5.74, 6) is -0.765. The Hall–Kier alpha value is -3.41. The Kier molecular flexibility index (Phi) is 5.89. The van der Waals surface area contributed by atoms with Gasteiger partial charge < -0.3 is 10.6 Å². The molecule has 0 aliphatic heterocycles. The number of nitrogens with one attached hydrogen (secondary N) is 2. The highest BCUT2D eigenvalue weighted by Gasteiger charge is 2.22. The maximum absolute atomic E-state index is 12.9. The molecule has 2 amide bonds. The van der Waals surface area contributed by atoms with Crippen molar-refractivity contribution in [3.63, 3.8) is 0 Å². The van der Waals surface area contributed by atoms with Crippen molar-refractivity contribution in [2.45, 2.75) is 26.7 Å². The summed E-state index contributed by atoms with van der Waals surface area (Å²) in [6, 6.07) is 15.2. The van der Waals surface area contributed by atoms with Gasteiger partial charge in [-0.05, 0) is 36.1 Å². The van der Waals surface area contributed by atoms with Gasteiger partial charge in [-0.1, -0.05) is 50.2 Å². The van der Waals surface area contributed by atoms with Crippen molar-refractivity contribution in [1.29, 1.82) is 0 Å². The fraction of sp³-hybridized carbons (Fsp3) is 0.227. The topological polar surface area (TPSA) is 76.0 Å². The molecule has 0 unspecified atom stereocenters. The number of hydrogen-bond donors (Lipinski definition) is 2. The Morgan fingerprint density at radius 2 is 1.36 bits per heavy atom. The van der Waals surface area contributed by atoms with Crippen LogP contribution in [0.2, 0.25) is 0 Å². The number of anilines is 2. The van der Waals surface area contributed by atoms with Crippen LogP contribution in [0.4, 0.5) is 11.4 Å². The molecule has 0 spiro atoms. The van der Waals surface area contributed by atoms with Crippen molar-refractivity contribution >= 4 is 23.2 Å². The highest BCUT2D eigenvalue weighted by atomic mass is 16.2. The molecule has 6 heteroatoms. The van der Waals surface area contributed by atoms with Gasteiger partial charge in [-0.3, -0.25) is 14.3 Å². The molecule has 0 fully saturated rings. The van der Waals surface area contributed by atoms with Crippen LogP contribution in [0, 0.1) is 0 Å². The third-order valence-electron chi connectivity index (χ3n) is 4.58. The number of carbonyl (C=O) groups excluding carboxylic acids is 2. The first-order valence-corrected chi connectivity index (χ1v) is 9.35. The molecule has 0 aliphatic carbocycles. The summed E-state index contributed by atoms with van der Waals surface area (Å²) in [5, 5.41) is 9.99. The fourth-order valence-corrected chi connectivity index (χ4v) is 3.09. The van der Waals surface area contributed by atoms with Crippen LogP contribution in [0.15, 0.2) is 54.7 Å². The second-order valence-electron chi connectivity index (χ2n) is 6.49. The minimum Gasteiger partial charge on any atom is -0.322 e. The van der Waals surface area contributed by atoms with E-state index < -0.39 is 5.91 Å². The van der Waals surface area contributed by atoms with Crippen molar-refractivity contribution in [2.75, 3.05) is 10.6 Å². The average Bonchev–Trinajstić information content (AvgIpc) is 3.11. The smallest absolute Gasteiger partial charge is 0.277 e. The standard InChI is InChI=1S/C22H24N4O2/c1-4-15-10-6-8-12-18(15)23-21(27)17-14-26(3)25-20(17)22(28)24-19-13-9-7-11-16(19)5-2/h6-14H,4-5H2,1-3H3,(H,23,27)(H,24,28). The van der Waals surface area contributed by atoms with Gasteiger partial charge in [-0.25, -0.2) is 0 Å². The lowest BCUT2D eigenvalue weighted by molar-refractivity contribution is 0.0988. The quantitative estimate of drug-likeness (QED) is 0.681. The van der Waals surface area contributed by atoms with E-state index in [4.69, 9.17) is 0 Å². The van der Waals surface area contributed by atoms with Crippen LogP contribution >= 0.6 is 0 Å². The van der Waals surface area contributed by atoms with Crippen molar-refractivity contribution < 1.29 is 9.59 Å². The predicted molar refractivity (Wildman–Crippen MR) is 111 cm³/mol. The van der Waals surface area contributed by atoms with Crippen molar-refractivity contribution in [1.82, 2.24) is 9.78 Å². The van der Waals surface area contributed by atoms with E-state index in [0.29, 0.717) is 0 Å². The summed E-state index contributed by atoms with van der Waals surface area (Å²) >= 11 is 0. The molecule has 3 aromatic rings. The monoisotopic (exact) mass is 376 g/mol. The molecule has 1 heterocycles. The van der Waals surface area contributed by atoms with Gasteiger partial charge in [0.25, 0.3) is 11.8 Å². The van der Waals surface area contributed by atoms with Gasteiger partial charge in [0.15, 0.2) is 5.69 Å². The molecule has 3 rings (SSSR count). The minimum absolute atomic E-state index is 0.0971. The number of nitrogens with zero attached hydrogens (tertiary/aromatic N) is 2. The second-order valence-corrected chi connectivity index (χ2v) is 6.49. The van der Waals surface area contributed by atoms with Crippen LogP contribution in [0.3, 0.4) is 0 Å². The van der Waals surface area contributed by atoms with Gasteiger partial charge in [0.05, 0.1) is 5.56 Å². The molecule has 2 N–H and O–H groups in total. The fourth-order valence-electron chi connectivity index (χ4n) is 3.09. The first-order chi connectivity index (χ1) is 13.5. The molecule has 0 aliphatic rings. The molecule has 144 valence electrons. The maximum Gasteiger partial charge on any atom is 0.277 e. The lowest BCUT2D eigenvalue weighted by Crippen LogP contribution is -2.20. The SMILES string of the molecule is CCc1ccccc1NC(=O)c1cn(C)nc1C(=O)Nc1ccccc1CC. The zero-order valence-electron chi connectivity index (χ0n) is 16.3. The van der Waals surface area contributed by atoms with E-state index in [1.54, 1.807) is 13.2 Å². The molecule has 6 nitrogen and oxygen atoms in total. The van der Waals surface area contributed by atoms with Crippen molar-refractivity contribution in [2.24, 2.45) is 7.05 Å². The van der Waals surface area contributed by atoms with Gasteiger partial charge in [-0.15, -0.1) is 0 Å². The Balaban J connectivity index is 1.86. The summed E-state index contributed by atoms with van der Waals surface area (Å²) in [6.07, 6.45) is 3.15. The zero-order valence-corrected chi connectivity index (χ0v) is 16.3.